The van der Waals surface area contributed by atoms with E-state index >= 15 is 0 Å². The highest BCUT2D eigenvalue weighted by Gasteiger charge is 2.21. The van der Waals surface area contributed by atoms with Gasteiger partial charge in [-0.25, -0.2) is 15.8 Å². The molecule has 0 bridgehead atoms. The van der Waals surface area contributed by atoms with Crippen molar-refractivity contribution in [3.8, 4) is 0 Å². The smallest absolute Gasteiger partial charge is 0.145 e. The summed E-state index contributed by atoms with van der Waals surface area (Å²) >= 11 is 0. The maximum atomic E-state index is 5.28. The number of nitrogens with one attached hydrogen (secondary N) is 2. The second-order valence-electron chi connectivity index (χ2n) is 4.93. The first kappa shape index (κ1) is 12.7. The summed E-state index contributed by atoms with van der Waals surface area (Å²) in [6, 6.07) is 1.79. The first-order valence-corrected chi connectivity index (χ1v) is 5.48. The molecule has 0 aliphatic heterocycles. The summed E-state index contributed by atoms with van der Waals surface area (Å²) in [6.45, 7) is 9.76. The van der Waals surface area contributed by atoms with Crippen LogP contribution in [0.5, 0.6) is 0 Å². The van der Waals surface area contributed by atoms with Crippen LogP contribution in [0, 0.1) is 11.3 Å². The maximum Gasteiger partial charge on any atom is 0.145 e. The summed E-state index contributed by atoms with van der Waals surface area (Å²) in [5.41, 5.74) is 2.72. The SMILES string of the molecule is CC(C)C(C)(C)CNc1cc(NN)ncn1. The van der Waals surface area contributed by atoms with Gasteiger partial charge in [-0.1, -0.05) is 27.7 Å². The van der Waals surface area contributed by atoms with Crippen LogP contribution in [0.3, 0.4) is 0 Å². The van der Waals surface area contributed by atoms with Crippen LogP contribution in [0.15, 0.2) is 12.4 Å². The van der Waals surface area contributed by atoms with E-state index in [1.807, 2.05) is 0 Å². The number of rotatable bonds is 5. The lowest BCUT2D eigenvalue weighted by molar-refractivity contribution is 0.269. The first-order chi connectivity index (χ1) is 7.45. The van der Waals surface area contributed by atoms with Crippen molar-refractivity contribution < 1.29 is 0 Å². The number of nitrogen functional groups attached to an aromatic ring is 1. The Morgan fingerprint density at radius 3 is 2.50 bits per heavy atom. The van der Waals surface area contributed by atoms with E-state index < -0.39 is 0 Å². The lowest BCUT2D eigenvalue weighted by Crippen LogP contribution is -2.28. The maximum absolute atomic E-state index is 5.28. The molecule has 1 aromatic rings. The molecule has 1 heterocycles. The van der Waals surface area contributed by atoms with Gasteiger partial charge in [-0.3, -0.25) is 0 Å². The summed E-state index contributed by atoms with van der Waals surface area (Å²) < 4.78 is 0. The van der Waals surface area contributed by atoms with Gasteiger partial charge in [0.2, 0.25) is 0 Å². The van der Waals surface area contributed by atoms with E-state index in [9.17, 15) is 0 Å². The molecule has 0 aliphatic carbocycles. The number of hydrogen-bond acceptors (Lipinski definition) is 5. The van der Waals surface area contributed by atoms with Crippen molar-refractivity contribution in [3.63, 3.8) is 0 Å². The molecule has 0 saturated heterocycles. The molecule has 0 aromatic carbocycles. The largest absolute Gasteiger partial charge is 0.369 e. The number of aromatic nitrogens is 2. The van der Waals surface area contributed by atoms with Gasteiger partial charge < -0.3 is 10.7 Å². The second-order valence-corrected chi connectivity index (χ2v) is 4.93. The number of nitrogens with two attached hydrogens (primary N) is 1. The summed E-state index contributed by atoms with van der Waals surface area (Å²) in [4.78, 5) is 8.08. The fourth-order valence-corrected chi connectivity index (χ4v) is 1.06. The quantitative estimate of drug-likeness (QED) is 0.524. The van der Waals surface area contributed by atoms with Crippen molar-refractivity contribution in [2.24, 2.45) is 17.2 Å². The van der Waals surface area contributed by atoms with Crippen molar-refractivity contribution in [3.05, 3.63) is 12.4 Å². The Bertz CT molecular complexity index is 335. The Morgan fingerprint density at radius 2 is 1.94 bits per heavy atom. The summed E-state index contributed by atoms with van der Waals surface area (Å²) in [7, 11) is 0. The number of hydrogen-bond donors (Lipinski definition) is 3. The fourth-order valence-electron chi connectivity index (χ4n) is 1.06. The van der Waals surface area contributed by atoms with Crippen molar-refractivity contribution in [1.82, 2.24) is 9.97 Å². The van der Waals surface area contributed by atoms with Crippen LogP contribution in [-0.4, -0.2) is 16.5 Å². The molecule has 5 heteroatoms. The van der Waals surface area contributed by atoms with Gasteiger partial charge in [0.25, 0.3) is 0 Å². The fraction of sp³-hybridized carbons (Fsp3) is 0.636. The van der Waals surface area contributed by atoms with Crippen molar-refractivity contribution in [2.45, 2.75) is 27.7 Å². The predicted octanol–water partition coefficient (Wildman–Crippen LogP) is 1.86. The molecule has 0 saturated carbocycles. The van der Waals surface area contributed by atoms with E-state index in [0.29, 0.717) is 11.7 Å². The molecule has 5 nitrogen and oxygen atoms in total. The van der Waals surface area contributed by atoms with Crippen LogP contribution in [0.2, 0.25) is 0 Å². The number of anilines is 2. The minimum Gasteiger partial charge on any atom is -0.369 e. The molecule has 0 fully saturated rings. The van der Waals surface area contributed by atoms with Crippen molar-refractivity contribution >= 4 is 11.6 Å². The van der Waals surface area contributed by atoms with Crippen LogP contribution in [-0.2, 0) is 0 Å². The zero-order chi connectivity index (χ0) is 12.2. The molecule has 0 atom stereocenters. The van der Waals surface area contributed by atoms with Crippen LogP contribution in [0.25, 0.3) is 0 Å². The lowest BCUT2D eigenvalue weighted by Gasteiger charge is -2.29. The predicted molar refractivity (Wildman–Crippen MR) is 67.0 cm³/mol. The number of hydrazine groups is 1. The molecule has 0 aliphatic rings. The van der Waals surface area contributed by atoms with E-state index in [1.54, 1.807) is 6.07 Å². The monoisotopic (exact) mass is 223 g/mol. The third-order valence-electron chi connectivity index (χ3n) is 3.10. The minimum absolute atomic E-state index is 0.223. The Hall–Kier alpha value is -1.36. The van der Waals surface area contributed by atoms with Gasteiger partial charge in [0.1, 0.15) is 18.0 Å². The Labute approximate surface area is 96.8 Å². The van der Waals surface area contributed by atoms with Gasteiger partial charge in [-0.2, -0.15) is 0 Å². The van der Waals surface area contributed by atoms with Crippen LogP contribution >= 0.6 is 0 Å². The molecule has 1 aromatic heterocycles. The van der Waals surface area contributed by atoms with E-state index in [1.165, 1.54) is 6.33 Å². The first-order valence-electron chi connectivity index (χ1n) is 5.48. The Balaban J connectivity index is 2.60. The standard InChI is InChI=1S/C11H21N5/c1-8(2)11(3,4)6-13-9-5-10(16-12)15-7-14-9/h5,7-8H,6,12H2,1-4H3,(H2,13,14,15,16). The lowest BCUT2D eigenvalue weighted by atomic mass is 9.81. The highest BCUT2D eigenvalue weighted by molar-refractivity contribution is 5.45. The second kappa shape index (κ2) is 5.12. The van der Waals surface area contributed by atoms with Crippen LogP contribution in [0.4, 0.5) is 11.6 Å². The molecule has 1 rings (SSSR count). The van der Waals surface area contributed by atoms with Gasteiger partial charge in [-0.15, -0.1) is 0 Å². The molecular weight excluding hydrogens is 202 g/mol. The average Bonchev–Trinajstić information content (AvgIpc) is 2.26. The van der Waals surface area contributed by atoms with E-state index in [-0.39, 0.29) is 5.41 Å². The van der Waals surface area contributed by atoms with E-state index in [2.05, 4.69) is 48.4 Å². The minimum atomic E-state index is 0.223. The number of nitrogens with zero attached hydrogens (tertiary/aromatic N) is 2. The molecular formula is C11H21N5. The Morgan fingerprint density at radius 1 is 1.31 bits per heavy atom. The highest BCUT2D eigenvalue weighted by Crippen LogP contribution is 2.26. The molecule has 0 amide bonds. The van der Waals surface area contributed by atoms with Gasteiger partial charge in [-0.05, 0) is 11.3 Å². The summed E-state index contributed by atoms with van der Waals surface area (Å²) in [5, 5.41) is 3.29. The molecule has 0 radical (unpaired) electrons. The van der Waals surface area contributed by atoms with Gasteiger partial charge in [0, 0.05) is 12.6 Å². The summed E-state index contributed by atoms with van der Waals surface area (Å²) in [5.74, 6) is 7.29. The van der Waals surface area contributed by atoms with Crippen molar-refractivity contribution in [2.75, 3.05) is 17.3 Å². The molecule has 4 N–H and O–H groups in total. The topological polar surface area (TPSA) is 75.9 Å². The zero-order valence-electron chi connectivity index (χ0n) is 10.4. The molecule has 16 heavy (non-hydrogen) atoms. The third kappa shape index (κ3) is 3.34. The highest BCUT2D eigenvalue weighted by atomic mass is 15.3. The zero-order valence-corrected chi connectivity index (χ0v) is 10.4. The van der Waals surface area contributed by atoms with E-state index in [0.717, 1.165) is 12.4 Å². The van der Waals surface area contributed by atoms with Gasteiger partial charge in [0.05, 0.1) is 0 Å². The van der Waals surface area contributed by atoms with Crippen molar-refractivity contribution in [1.29, 1.82) is 0 Å². The van der Waals surface area contributed by atoms with Crippen LogP contribution in [0.1, 0.15) is 27.7 Å². The van der Waals surface area contributed by atoms with Gasteiger partial charge >= 0.3 is 0 Å². The molecule has 0 unspecified atom stereocenters. The van der Waals surface area contributed by atoms with E-state index in [4.69, 9.17) is 5.84 Å². The average molecular weight is 223 g/mol. The van der Waals surface area contributed by atoms with Gasteiger partial charge in [0.15, 0.2) is 0 Å². The molecule has 0 spiro atoms. The Kier molecular flexibility index (Phi) is 4.06. The van der Waals surface area contributed by atoms with Crippen LogP contribution < -0.4 is 16.6 Å². The normalized spacial score (nSPS) is 11.6. The molecule has 90 valence electrons. The third-order valence-corrected chi connectivity index (χ3v) is 3.10. The summed E-state index contributed by atoms with van der Waals surface area (Å²) in [6.07, 6.45) is 1.49.